The fraction of sp³-hybridized carbons (Fsp3) is 0.574. The van der Waals surface area contributed by atoms with E-state index in [4.69, 9.17) is 28.7 Å². The number of fused-ring (bicyclic) bond motifs is 1. The van der Waals surface area contributed by atoms with Gasteiger partial charge in [0.25, 0.3) is 0 Å². The highest BCUT2D eigenvalue weighted by molar-refractivity contribution is 5.98. The zero-order chi connectivity index (χ0) is 55.6. The van der Waals surface area contributed by atoms with Crippen molar-refractivity contribution in [2.75, 3.05) is 19.6 Å². The zero-order valence-electron chi connectivity index (χ0n) is 44.4. The molecular formula is C54H84N12O9. The van der Waals surface area contributed by atoms with Crippen molar-refractivity contribution < 1.29 is 43.2 Å². The zero-order valence-corrected chi connectivity index (χ0v) is 44.4. The summed E-state index contributed by atoms with van der Waals surface area (Å²) in [5.74, 6) is -8.09. The number of benzene rings is 2. The standard InChI is InChI=1S/C54H84N12O9/c1-6-32(3)48(65-51(73)37(22-23-46(57)70)28-44(68)41(62-47(71)30-56)21-15-25-60-54(58)59)45(69)29-36(18-13-14-24-55)50(72)66-49(33(4)7-2)53(75)64-43(27-38-31-61-40-20-12-11-19-39(38)40)52(74)63-42(34(5)67)26-35-16-9-8-10-17-35/h8-12,16-17,19-20,31-33,36-37,41-43,48-49,54,60-61H,6-7,13-15,18,21-30,55-56,58-59H2,1-5H3,(H2,57,70)(H,62,71)(H,63,74)(H,64,75)(H,65,73)(H,66,72)/t32?,33?,36-,37-,41+,42+,43+,48+,49+/m1/s1. The Labute approximate surface area is 440 Å². The van der Waals surface area contributed by atoms with Gasteiger partial charge in [0.15, 0.2) is 17.3 Å². The van der Waals surface area contributed by atoms with E-state index < -0.39 is 114 Å². The molecule has 1 heterocycles. The van der Waals surface area contributed by atoms with E-state index in [9.17, 15) is 43.2 Å². The minimum Gasteiger partial charge on any atom is -0.370 e. The average Bonchev–Trinajstić information content (AvgIpc) is 3.80. The van der Waals surface area contributed by atoms with E-state index in [1.54, 1.807) is 20.0 Å². The molecule has 414 valence electrons. The first kappa shape index (κ1) is 62.9. The lowest BCUT2D eigenvalue weighted by molar-refractivity contribution is -0.137. The predicted octanol–water partition coefficient (Wildman–Crippen LogP) is 1.13. The summed E-state index contributed by atoms with van der Waals surface area (Å²) < 4.78 is 0. The third kappa shape index (κ3) is 21.4. The third-order valence-electron chi connectivity index (χ3n) is 13.8. The number of carbonyl (C=O) groups is 9. The lowest BCUT2D eigenvalue weighted by Gasteiger charge is -2.30. The van der Waals surface area contributed by atoms with E-state index in [0.29, 0.717) is 45.2 Å². The molecular weight excluding hydrogens is 961 g/mol. The van der Waals surface area contributed by atoms with Crippen LogP contribution >= 0.6 is 0 Å². The second kappa shape index (κ2) is 32.8. The number of nitrogens with two attached hydrogens (primary N) is 5. The molecule has 0 saturated carbocycles. The number of Topliss-reactive ketones (excluding diaryl/α,β-unsaturated/α-hetero) is 3. The molecule has 0 aliphatic carbocycles. The fourth-order valence-electron chi connectivity index (χ4n) is 8.83. The Morgan fingerprint density at radius 1 is 0.613 bits per heavy atom. The molecule has 21 nitrogen and oxygen atoms in total. The van der Waals surface area contributed by atoms with Gasteiger partial charge in [-0.1, -0.05) is 95.5 Å². The first-order chi connectivity index (χ1) is 35.7. The highest BCUT2D eigenvalue weighted by atomic mass is 16.2. The summed E-state index contributed by atoms with van der Waals surface area (Å²) in [6, 6.07) is 11.3. The smallest absolute Gasteiger partial charge is 0.243 e. The monoisotopic (exact) mass is 1040 g/mol. The van der Waals surface area contributed by atoms with Crippen LogP contribution in [0.2, 0.25) is 0 Å². The predicted molar refractivity (Wildman–Crippen MR) is 287 cm³/mol. The number of hydrogen-bond acceptors (Lipinski definition) is 14. The van der Waals surface area contributed by atoms with E-state index in [0.717, 1.165) is 22.0 Å². The summed E-state index contributed by atoms with van der Waals surface area (Å²) in [6.45, 7) is 8.89. The summed E-state index contributed by atoms with van der Waals surface area (Å²) in [4.78, 5) is 126. The SMILES string of the molecule is CCC(C)[C@H](NC(=O)[C@H](CCC(N)=O)CC(=O)[C@H](CCCNC(N)N)NC(=O)CN)C(=O)C[C@@H](CCCCN)C(=O)N[C@H](C(=O)N[C@@H](Cc1c[nH]c2ccccc12)C(=O)N[C@@H](Cc1ccccc1)C(C)=O)C(C)CC. The molecule has 6 amide bonds. The van der Waals surface area contributed by atoms with E-state index in [-0.39, 0.29) is 57.3 Å². The minimum atomic E-state index is -1.18. The quantitative estimate of drug-likeness (QED) is 0.0285. The van der Waals surface area contributed by atoms with E-state index in [1.807, 2.05) is 68.4 Å². The number of rotatable bonds is 37. The van der Waals surface area contributed by atoms with Crippen LogP contribution in [0.4, 0.5) is 0 Å². The van der Waals surface area contributed by atoms with Crippen molar-refractivity contribution in [3.63, 3.8) is 0 Å². The van der Waals surface area contributed by atoms with Gasteiger partial charge in [0.2, 0.25) is 35.4 Å². The summed E-state index contributed by atoms with van der Waals surface area (Å²) in [7, 11) is 0. The molecule has 1 aromatic heterocycles. The largest absolute Gasteiger partial charge is 0.370 e. The Bertz CT molecular complexity index is 2340. The Morgan fingerprint density at radius 3 is 1.83 bits per heavy atom. The van der Waals surface area contributed by atoms with Gasteiger partial charge >= 0.3 is 0 Å². The van der Waals surface area contributed by atoms with Crippen LogP contribution in [-0.4, -0.2) is 114 Å². The summed E-state index contributed by atoms with van der Waals surface area (Å²) in [5.41, 5.74) is 30.4. The van der Waals surface area contributed by atoms with Crippen LogP contribution in [0.3, 0.4) is 0 Å². The van der Waals surface area contributed by atoms with Gasteiger partial charge in [-0.2, -0.15) is 0 Å². The highest BCUT2D eigenvalue weighted by Crippen LogP contribution is 2.24. The fourth-order valence-corrected chi connectivity index (χ4v) is 8.83. The number of primary amides is 1. The molecule has 0 bridgehead atoms. The minimum absolute atomic E-state index is 0.0448. The van der Waals surface area contributed by atoms with Crippen LogP contribution in [-0.2, 0) is 56.0 Å². The molecule has 0 saturated heterocycles. The normalized spacial score (nSPS) is 15.0. The summed E-state index contributed by atoms with van der Waals surface area (Å²) >= 11 is 0. The van der Waals surface area contributed by atoms with Gasteiger partial charge in [0, 0.05) is 54.6 Å². The van der Waals surface area contributed by atoms with Gasteiger partial charge < -0.3 is 60.2 Å². The van der Waals surface area contributed by atoms with Gasteiger partial charge in [-0.15, -0.1) is 0 Å². The number of unbranched alkanes of at least 4 members (excludes halogenated alkanes) is 1. The summed E-state index contributed by atoms with van der Waals surface area (Å²) in [6.07, 6.45) is 2.74. The first-order valence-corrected chi connectivity index (χ1v) is 26.3. The molecule has 17 N–H and O–H groups in total. The maximum absolute atomic E-state index is 14.6. The van der Waals surface area contributed by atoms with Crippen molar-refractivity contribution in [1.82, 2.24) is 36.9 Å². The molecule has 0 aliphatic heterocycles. The number of ketones is 3. The first-order valence-electron chi connectivity index (χ1n) is 26.3. The third-order valence-corrected chi connectivity index (χ3v) is 13.8. The topological polar surface area (TPSA) is 372 Å². The molecule has 2 aromatic carbocycles. The second-order valence-electron chi connectivity index (χ2n) is 19.7. The van der Waals surface area contributed by atoms with Crippen molar-refractivity contribution in [2.45, 2.75) is 155 Å². The molecule has 3 aromatic rings. The van der Waals surface area contributed by atoms with Crippen LogP contribution in [0, 0.1) is 23.7 Å². The molecule has 2 unspecified atom stereocenters. The van der Waals surface area contributed by atoms with Crippen LogP contribution in [0.25, 0.3) is 10.9 Å². The lowest BCUT2D eigenvalue weighted by atomic mass is 9.86. The van der Waals surface area contributed by atoms with Gasteiger partial charge in [-0.3, -0.25) is 48.5 Å². The Morgan fingerprint density at radius 2 is 1.21 bits per heavy atom. The van der Waals surface area contributed by atoms with Crippen molar-refractivity contribution in [3.05, 3.63) is 71.9 Å². The Hall–Kier alpha value is -6.39. The molecule has 0 fully saturated rings. The average molecular weight is 1050 g/mol. The van der Waals surface area contributed by atoms with Crippen LogP contribution in [0.15, 0.2) is 60.8 Å². The van der Waals surface area contributed by atoms with Crippen molar-refractivity contribution in [3.8, 4) is 0 Å². The number of H-pyrrole nitrogens is 1. The number of para-hydroxylation sites is 1. The molecule has 21 heteroatoms. The van der Waals surface area contributed by atoms with Crippen LogP contribution in [0.1, 0.15) is 116 Å². The maximum atomic E-state index is 14.6. The van der Waals surface area contributed by atoms with Crippen LogP contribution < -0.4 is 60.6 Å². The molecule has 9 atom stereocenters. The molecule has 0 spiro atoms. The number of aromatic amines is 1. The molecule has 0 aliphatic rings. The second-order valence-corrected chi connectivity index (χ2v) is 19.7. The number of carbonyl (C=O) groups excluding carboxylic acids is 9. The summed E-state index contributed by atoms with van der Waals surface area (Å²) in [5, 5.41) is 17.8. The van der Waals surface area contributed by atoms with Crippen LogP contribution in [0.5, 0.6) is 0 Å². The molecule has 3 rings (SSSR count). The van der Waals surface area contributed by atoms with E-state index in [2.05, 4.69) is 36.9 Å². The van der Waals surface area contributed by atoms with Gasteiger partial charge in [-0.05, 0) is 87.6 Å². The van der Waals surface area contributed by atoms with Gasteiger partial charge in [-0.25, -0.2) is 0 Å². The Balaban J connectivity index is 1.92. The van der Waals surface area contributed by atoms with Crippen molar-refractivity contribution >= 4 is 63.7 Å². The number of hydrogen-bond donors (Lipinski definition) is 12. The number of nitrogens with one attached hydrogen (secondary N) is 7. The van der Waals surface area contributed by atoms with Crippen molar-refractivity contribution in [1.29, 1.82) is 0 Å². The van der Waals surface area contributed by atoms with Gasteiger partial charge in [0.05, 0.1) is 24.7 Å². The molecule has 0 radical (unpaired) electrons. The molecule has 75 heavy (non-hydrogen) atoms. The Kier molecular flexibility index (Phi) is 27.5. The maximum Gasteiger partial charge on any atom is 0.243 e. The van der Waals surface area contributed by atoms with Gasteiger partial charge in [0.1, 0.15) is 18.4 Å². The van der Waals surface area contributed by atoms with Crippen molar-refractivity contribution in [2.24, 2.45) is 52.3 Å². The number of aromatic nitrogens is 1. The van der Waals surface area contributed by atoms with E-state index >= 15 is 0 Å². The van der Waals surface area contributed by atoms with E-state index in [1.165, 1.54) is 6.92 Å². The number of amides is 6. The highest BCUT2D eigenvalue weighted by Gasteiger charge is 2.37. The lowest BCUT2D eigenvalue weighted by Crippen LogP contribution is -2.58.